The number of hydrogen-bond donors (Lipinski definition) is 1. The van der Waals surface area contributed by atoms with Crippen molar-refractivity contribution in [3.63, 3.8) is 0 Å². The van der Waals surface area contributed by atoms with E-state index in [2.05, 4.69) is 23.6 Å². The van der Waals surface area contributed by atoms with E-state index in [9.17, 15) is 4.57 Å². The minimum atomic E-state index is -2.40. The molecule has 131 valence electrons. The summed E-state index contributed by atoms with van der Waals surface area (Å²) in [6.07, 6.45) is 22.4. The predicted octanol–water partition coefficient (Wildman–Crippen LogP) is 6.31. The van der Waals surface area contributed by atoms with Crippen LogP contribution in [0.2, 0.25) is 0 Å². The van der Waals surface area contributed by atoms with Crippen molar-refractivity contribution in [1.82, 2.24) is 0 Å². The van der Waals surface area contributed by atoms with Gasteiger partial charge in [0.25, 0.3) is 0 Å². The second kappa shape index (κ2) is 23.4. The maximum Gasteiger partial charge on any atom is 0.694 e. The van der Waals surface area contributed by atoms with Crippen LogP contribution in [0.15, 0.2) is 12.2 Å². The van der Waals surface area contributed by atoms with Crippen LogP contribution in [0.25, 0.3) is 0 Å². The van der Waals surface area contributed by atoms with Gasteiger partial charge in [-0.15, -0.1) is 9.42 Å². The molecule has 0 spiro atoms. The van der Waals surface area contributed by atoms with Crippen LogP contribution in [-0.4, -0.2) is 62.9 Å². The summed E-state index contributed by atoms with van der Waals surface area (Å²) in [6, 6.07) is 0. The molecule has 3 nitrogen and oxygen atoms in total. The van der Waals surface area contributed by atoms with Gasteiger partial charge in [-0.2, -0.15) is 0 Å². The average Bonchev–Trinajstić information content (AvgIpc) is 2.50. The third kappa shape index (κ3) is 25.7. The Hall–Kier alpha value is 1.40. The third-order valence-corrected chi connectivity index (χ3v) is 4.26. The Morgan fingerprint density at radius 1 is 0.783 bits per heavy atom. The van der Waals surface area contributed by atoms with Gasteiger partial charge in [-0.25, -0.2) is 0 Å². The fourth-order valence-corrected chi connectivity index (χ4v) is 2.78. The van der Waals surface area contributed by atoms with Crippen LogP contribution in [0, 0.1) is 0 Å². The fraction of sp³-hybridized carbons (Fsp3) is 0.889. The Balaban J connectivity index is 0. The molecule has 0 heterocycles. The predicted molar refractivity (Wildman–Crippen MR) is 101 cm³/mol. The van der Waals surface area contributed by atoms with Gasteiger partial charge >= 0.3 is 8.25 Å². The molecule has 1 radical (unpaired) electrons. The van der Waals surface area contributed by atoms with Crippen molar-refractivity contribution in [1.29, 1.82) is 0 Å². The summed E-state index contributed by atoms with van der Waals surface area (Å²) in [5.41, 5.74) is 0. The van der Waals surface area contributed by atoms with Gasteiger partial charge in [-0.05, 0) is 32.1 Å². The molecule has 1 atom stereocenters. The molecule has 0 amide bonds. The van der Waals surface area contributed by atoms with Crippen molar-refractivity contribution in [2.75, 3.05) is 6.61 Å². The molecule has 0 aromatic rings. The average molecular weight is 371 g/mol. The first kappa shape index (κ1) is 26.6. The molecule has 5 heteroatoms. The Bertz CT molecular complexity index is 273. The van der Waals surface area contributed by atoms with E-state index in [0.717, 1.165) is 12.8 Å². The number of rotatable bonds is 17. The summed E-state index contributed by atoms with van der Waals surface area (Å²) in [5, 5.41) is 0. The van der Waals surface area contributed by atoms with Gasteiger partial charge in [-0.3, -0.25) is 0 Å². The molecule has 0 aliphatic carbocycles. The van der Waals surface area contributed by atoms with Crippen LogP contribution in [-0.2, 0) is 9.09 Å². The Labute approximate surface area is 187 Å². The van der Waals surface area contributed by atoms with Crippen LogP contribution >= 0.6 is 8.25 Å². The van der Waals surface area contributed by atoms with Crippen LogP contribution in [0.5, 0.6) is 0 Å². The van der Waals surface area contributed by atoms with Crippen molar-refractivity contribution in [2.45, 2.75) is 96.8 Å². The molecule has 0 fully saturated rings. The van der Waals surface area contributed by atoms with Gasteiger partial charge < -0.3 is 0 Å². The first-order valence-corrected chi connectivity index (χ1v) is 10.3. The quantitative estimate of drug-likeness (QED) is 0.141. The molecule has 1 N–H and O–H groups in total. The molecule has 0 aromatic carbocycles. The second-order valence-electron chi connectivity index (χ2n) is 6.01. The zero-order valence-electron chi connectivity index (χ0n) is 15.5. The van der Waals surface area contributed by atoms with Crippen molar-refractivity contribution in [3.05, 3.63) is 12.2 Å². The molecular formula is C18H36KO3P+. The topological polar surface area (TPSA) is 46.5 Å². The summed E-state index contributed by atoms with van der Waals surface area (Å²) < 4.78 is 14.9. The summed E-state index contributed by atoms with van der Waals surface area (Å²) in [5.74, 6) is 0. The maximum atomic E-state index is 10.3. The van der Waals surface area contributed by atoms with Gasteiger partial charge in [0.15, 0.2) is 0 Å². The normalized spacial score (nSPS) is 11.7. The molecule has 0 saturated heterocycles. The van der Waals surface area contributed by atoms with Crippen molar-refractivity contribution >= 4 is 59.6 Å². The number of unbranched alkanes of at least 4 members (excludes halogenated alkanes) is 12. The Morgan fingerprint density at radius 2 is 1.22 bits per heavy atom. The Morgan fingerprint density at radius 3 is 1.70 bits per heavy atom. The second-order valence-corrected chi connectivity index (χ2v) is 6.74. The van der Waals surface area contributed by atoms with Gasteiger partial charge in [0.05, 0.1) is 0 Å². The van der Waals surface area contributed by atoms with Gasteiger partial charge in [-0.1, -0.05) is 76.9 Å². The van der Waals surface area contributed by atoms with Gasteiger partial charge in [0.2, 0.25) is 0 Å². The number of hydrogen-bond acceptors (Lipinski definition) is 2. The summed E-state index contributed by atoms with van der Waals surface area (Å²) in [6.45, 7) is 2.67. The van der Waals surface area contributed by atoms with E-state index < -0.39 is 8.25 Å². The molecule has 23 heavy (non-hydrogen) atoms. The van der Waals surface area contributed by atoms with Crippen molar-refractivity contribution < 1.29 is 14.0 Å². The Kier molecular flexibility index (Phi) is 27.1. The van der Waals surface area contributed by atoms with Gasteiger partial charge in [0.1, 0.15) is 6.61 Å². The minimum Gasteiger partial charge on any atom is -0.133 e. The molecule has 0 aromatic heterocycles. The van der Waals surface area contributed by atoms with Gasteiger partial charge in [0, 0.05) is 55.9 Å². The van der Waals surface area contributed by atoms with E-state index in [-0.39, 0.29) is 51.4 Å². The molecule has 0 aliphatic rings. The van der Waals surface area contributed by atoms with Crippen molar-refractivity contribution in [3.8, 4) is 0 Å². The van der Waals surface area contributed by atoms with Crippen LogP contribution < -0.4 is 0 Å². The summed E-state index contributed by atoms with van der Waals surface area (Å²) >= 11 is 0. The van der Waals surface area contributed by atoms with E-state index in [0.29, 0.717) is 6.61 Å². The smallest absolute Gasteiger partial charge is 0.133 e. The first-order valence-electron chi connectivity index (χ1n) is 9.21. The zero-order valence-corrected chi connectivity index (χ0v) is 19.5. The minimum absolute atomic E-state index is 0. The third-order valence-electron chi connectivity index (χ3n) is 3.86. The maximum absolute atomic E-state index is 10.3. The SMILES string of the molecule is CCCCCCCC/C=C\CCCCCCCCO[P+](=O)O.[K]. The summed E-state index contributed by atoms with van der Waals surface area (Å²) in [7, 11) is -2.40. The molecule has 0 rings (SSSR count). The standard InChI is InChI=1S/C18H35O3P.K/c1-2-3-4-5-6-7-8-9-10-11-12-13-14-15-16-17-18-21-22(19)20;/h9-10H,2-8,11-18H2,1H3;/p+1/b10-9-;. The van der Waals surface area contributed by atoms with Crippen LogP contribution in [0.1, 0.15) is 96.8 Å². The van der Waals surface area contributed by atoms with Crippen LogP contribution in [0.4, 0.5) is 0 Å². The summed E-state index contributed by atoms with van der Waals surface area (Å²) in [4.78, 5) is 8.46. The van der Waals surface area contributed by atoms with E-state index in [1.54, 1.807) is 0 Å². The monoisotopic (exact) mass is 370 g/mol. The van der Waals surface area contributed by atoms with Crippen molar-refractivity contribution in [2.24, 2.45) is 0 Å². The molecule has 0 saturated carbocycles. The van der Waals surface area contributed by atoms with E-state index in [1.165, 1.54) is 77.0 Å². The van der Waals surface area contributed by atoms with E-state index >= 15 is 0 Å². The molecule has 0 aliphatic heterocycles. The van der Waals surface area contributed by atoms with Crippen LogP contribution in [0.3, 0.4) is 0 Å². The number of allylic oxidation sites excluding steroid dienone is 2. The zero-order chi connectivity index (χ0) is 16.3. The fourth-order valence-electron chi connectivity index (χ4n) is 2.49. The van der Waals surface area contributed by atoms with E-state index in [1.807, 2.05) is 0 Å². The molecule has 1 unspecified atom stereocenters. The largest absolute Gasteiger partial charge is 0.694 e. The van der Waals surface area contributed by atoms with E-state index in [4.69, 9.17) is 4.89 Å². The first-order chi connectivity index (χ1) is 10.8. The molecule has 0 bridgehead atoms. The molecular weight excluding hydrogens is 334 g/mol.